The molecule has 3 fully saturated rings. The Balaban J connectivity index is 1.69. The summed E-state index contributed by atoms with van der Waals surface area (Å²) in [4.78, 5) is 15.9. The molecule has 0 N–H and O–H groups in total. The lowest BCUT2D eigenvalue weighted by Gasteiger charge is -2.53. The van der Waals surface area contributed by atoms with Crippen LogP contribution in [-0.2, 0) is 0 Å². The van der Waals surface area contributed by atoms with E-state index in [1.807, 2.05) is 24.3 Å². The van der Waals surface area contributed by atoms with Crippen LogP contribution in [0, 0.1) is 5.92 Å². The van der Waals surface area contributed by atoms with Gasteiger partial charge in [0.15, 0.2) is 0 Å². The molecule has 1 amide bonds. The average Bonchev–Trinajstić information content (AvgIpc) is 2.68. The summed E-state index contributed by atoms with van der Waals surface area (Å²) in [5.41, 5.74) is 0.873. The second-order valence-corrected chi connectivity index (χ2v) is 8.53. The predicted octanol–water partition coefficient (Wildman–Crippen LogP) is 4.32. The van der Waals surface area contributed by atoms with Crippen molar-refractivity contribution in [2.24, 2.45) is 5.92 Å². The minimum absolute atomic E-state index is 0.237. The van der Waals surface area contributed by atoms with Gasteiger partial charge in [-0.25, -0.2) is 0 Å². The number of fused-ring (bicyclic) bond motifs is 4. The van der Waals surface area contributed by atoms with Gasteiger partial charge in [0.2, 0.25) is 0 Å². The van der Waals surface area contributed by atoms with Crippen molar-refractivity contribution in [3.63, 3.8) is 0 Å². The second-order valence-electron chi connectivity index (χ2n) is 8.53. The summed E-state index contributed by atoms with van der Waals surface area (Å²) in [6.45, 7) is 6.80. The van der Waals surface area contributed by atoms with Crippen LogP contribution in [0.4, 0.5) is 0 Å². The Kier molecular flexibility index (Phi) is 4.74. The van der Waals surface area contributed by atoms with Crippen molar-refractivity contribution in [3.8, 4) is 0 Å². The van der Waals surface area contributed by atoms with E-state index < -0.39 is 0 Å². The maximum absolute atomic E-state index is 13.7. The molecule has 3 heteroatoms. The van der Waals surface area contributed by atoms with E-state index in [-0.39, 0.29) is 5.91 Å². The molecule has 3 aliphatic rings. The van der Waals surface area contributed by atoms with E-state index in [1.54, 1.807) is 0 Å². The Bertz CT molecular complexity index is 786. The van der Waals surface area contributed by atoms with Crippen LogP contribution in [0.1, 0.15) is 43.0 Å². The number of carbonyl (C=O) groups excluding carboxylic acids is 1. The zero-order valence-electron chi connectivity index (χ0n) is 16.2. The molecule has 2 bridgehead atoms. The molecule has 0 unspecified atom stereocenters. The topological polar surface area (TPSA) is 20.3 Å². The van der Waals surface area contributed by atoms with Crippen molar-refractivity contribution < 1.29 is 9.28 Å². The highest BCUT2D eigenvalue weighted by atomic mass is 16.2. The van der Waals surface area contributed by atoms with Gasteiger partial charge in [-0.1, -0.05) is 49.7 Å². The summed E-state index contributed by atoms with van der Waals surface area (Å²) >= 11 is 0. The van der Waals surface area contributed by atoms with Gasteiger partial charge in [0, 0.05) is 24.9 Å². The van der Waals surface area contributed by atoms with Crippen molar-refractivity contribution in [2.75, 3.05) is 33.2 Å². The summed E-state index contributed by atoms with van der Waals surface area (Å²) in [5, 5.41) is 2.24. The molecule has 2 aromatic carbocycles. The highest BCUT2D eigenvalue weighted by molar-refractivity contribution is 6.07. The molecule has 2 aromatic rings. The quantitative estimate of drug-likeness (QED) is 0.735. The Morgan fingerprint density at radius 3 is 2.58 bits per heavy atom. The minimum atomic E-state index is 0.237. The lowest BCUT2D eigenvalue weighted by Crippen LogP contribution is -2.66. The third-order valence-corrected chi connectivity index (χ3v) is 6.69. The third kappa shape index (κ3) is 3.14. The van der Waals surface area contributed by atoms with E-state index in [4.69, 9.17) is 0 Å². The van der Waals surface area contributed by atoms with Crippen LogP contribution in [0.3, 0.4) is 0 Å². The molecule has 0 aromatic heterocycles. The lowest BCUT2D eigenvalue weighted by atomic mass is 9.81. The predicted molar refractivity (Wildman–Crippen MR) is 107 cm³/mol. The zero-order valence-corrected chi connectivity index (χ0v) is 16.2. The summed E-state index contributed by atoms with van der Waals surface area (Å²) < 4.78 is 1.15. The fourth-order valence-corrected chi connectivity index (χ4v) is 5.05. The van der Waals surface area contributed by atoms with E-state index in [1.165, 1.54) is 25.9 Å². The van der Waals surface area contributed by atoms with E-state index in [0.717, 1.165) is 46.8 Å². The smallest absolute Gasteiger partial charge is 0.254 e. The van der Waals surface area contributed by atoms with E-state index in [0.29, 0.717) is 12.0 Å². The number of piperidine rings is 3. The molecule has 0 saturated carbocycles. The molecular weight excluding hydrogens is 320 g/mol. The molecule has 3 nitrogen and oxygen atoms in total. The lowest BCUT2D eigenvalue weighted by molar-refractivity contribution is -0.927. The number of carbonyl (C=O) groups is 1. The molecule has 3 saturated heterocycles. The Morgan fingerprint density at radius 2 is 1.85 bits per heavy atom. The first-order chi connectivity index (χ1) is 12.6. The number of rotatable bonds is 5. The Labute approximate surface area is 157 Å². The maximum Gasteiger partial charge on any atom is 0.254 e. The van der Waals surface area contributed by atoms with E-state index in [2.05, 4.69) is 37.1 Å². The first kappa shape index (κ1) is 17.5. The number of hydrogen-bond donors (Lipinski definition) is 0. The van der Waals surface area contributed by atoms with Gasteiger partial charge in [-0.2, -0.15) is 0 Å². The highest BCUT2D eigenvalue weighted by Crippen LogP contribution is 2.36. The van der Waals surface area contributed by atoms with Crippen LogP contribution in [-0.4, -0.2) is 54.6 Å². The molecule has 138 valence electrons. The summed E-state index contributed by atoms with van der Waals surface area (Å²) in [6.07, 6.45) is 4.76. The molecule has 26 heavy (non-hydrogen) atoms. The SMILES string of the molecule is CCCCN(C(=O)c1cccc2ccccc12)[C@@H]1C[N+]2(C)CCC1CC2. The Morgan fingerprint density at radius 1 is 1.12 bits per heavy atom. The second kappa shape index (κ2) is 7.03. The van der Waals surface area contributed by atoms with E-state index >= 15 is 0 Å². The summed E-state index contributed by atoms with van der Waals surface area (Å²) in [7, 11) is 2.38. The molecule has 5 rings (SSSR count). The number of unbranched alkanes of at least 4 members (excludes halogenated alkanes) is 1. The zero-order chi connectivity index (χ0) is 18.1. The van der Waals surface area contributed by atoms with E-state index in [9.17, 15) is 4.79 Å². The fourth-order valence-electron chi connectivity index (χ4n) is 5.05. The van der Waals surface area contributed by atoms with Gasteiger partial charge < -0.3 is 9.38 Å². The van der Waals surface area contributed by atoms with Gasteiger partial charge in [0.25, 0.3) is 5.91 Å². The van der Waals surface area contributed by atoms with Gasteiger partial charge in [-0.3, -0.25) is 4.79 Å². The monoisotopic (exact) mass is 351 g/mol. The number of amides is 1. The third-order valence-electron chi connectivity index (χ3n) is 6.69. The molecule has 0 radical (unpaired) electrons. The van der Waals surface area contributed by atoms with Gasteiger partial charge in [-0.05, 0) is 29.2 Å². The normalized spacial score (nSPS) is 27.6. The van der Waals surface area contributed by atoms with Crippen LogP contribution >= 0.6 is 0 Å². The molecular formula is C23H31N2O+. The van der Waals surface area contributed by atoms with Crippen molar-refractivity contribution in [1.82, 2.24) is 4.90 Å². The van der Waals surface area contributed by atoms with Crippen LogP contribution in [0.15, 0.2) is 42.5 Å². The van der Waals surface area contributed by atoms with Gasteiger partial charge in [0.1, 0.15) is 0 Å². The fraction of sp³-hybridized carbons (Fsp3) is 0.522. The van der Waals surface area contributed by atoms with Gasteiger partial charge in [0.05, 0.1) is 32.7 Å². The molecule has 3 heterocycles. The molecule has 0 aliphatic carbocycles. The van der Waals surface area contributed by atoms with Crippen LogP contribution in [0.25, 0.3) is 10.8 Å². The largest absolute Gasteiger partial charge is 0.330 e. The van der Waals surface area contributed by atoms with Crippen molar-refractivity contribution in [3.05, 3.63) is 48.0 Å². The van der Waals surface area contributed by atoms with Gasteiger partial charge >= 0.3 is 0 Å². The highest BCUT2D eigenvalue weighted by Gasteiger charge is 2.46. The maximum atomic E-state index is 13.7. The first-order valence-corrected chi connectivity index (χ1v) is 10.2. The first-order valence-electron chi connectivity index (χ1n) is 10.2. The standard InChI is InChI=1S/C23H31N2O/c1-3-4-14-24(22-17-25(2)15-12-19(22)13-16-25)23(26)21-11-7-9-18-8-5-6-10-20(18)21/h5-11,19,22H,3-4,12-17H2,1-2H3/q+1/t19?,22-,25?/m1/s1. The average molecular weight is 352 g/mol. The molecule has 1 atom stereocenters. The van der Waals surface area contributed by atoms with Crippen LogP contribution in [0.2, 0.25) is 0 Å². The van der Waals surface area contributed by atoms with Crippen molar-refractivity contribution in [2.45, 2.75) is 38.6 Å². The minimum Gasteiger partial charge on any atom is -0.330 e. The molecule has 3 aliphatic heterocycles. The summed E-state index contributed by atoms with van der Waals surface area (Å²) in [5.74, 6) is 0.923. The number of benzene rings is 2. The van der Waals surface area contributed by atoms with Crippen LogP contribution < -0.4 is 0 Å². The van der Waals surface area contributed by atoms with Crippen molar-refractivity contribution >= 4 is 16.7 Å². The Hall–Kier alpha value is -1.87. The summed E-state index contributed by atoms with van der Waals surface area (Å²) in [6, 6.07) is 14.8. The van der Waals surface area contributed by atoms with Crippen molar-refractivity contribution in [1.29, 1.82) is 0 Å². The van der Waals surface area contributed by atoms with Crippen LogP contribution in [0.5, 0.6) is 0 Å². The molecule has 0 spiro atoms. The van der Waals surface area contributed by atoms with Gasteiger partial charge in [-0.15, -0.1) is 0 Å². The number of hydrogen-bond acceptors (Lipinski definition) is 1. The number of likely N-dealkylation sites (N-methyl/N-ethyl adjacent to an activating group) is 1. The number of quaternary nitrogens is 1. The number of nitrogens with zero attached hydrogens (tertiary/aromatic N) is 2.